The number of aryl methyl sites for hydroxylation is 1. The highest BCUT2D eigenvalue weighted by molar-refractivity contribution is 5.61. The van der Waals surface area contributed by atoms with Gasteiger partial charge in [0.25, 0.3) is 0 Å². The Morgan fingerprint density at radius 2 is 2.07 bits per heavy atom. The van der Waals surface area contributed by atoms with Crippen LogP contribution in [-0.2, 0) is 17.6 Å². The molecule has 0 N–H and O–H groups in total. The monoisotopic (exact) mass is 186 g/mol. The Morgan fingerprint density at radius 1 is 1.29 bits per heavy atom. The van der Waals surface area contributed by atoms with E-state index < -0.39 is 0 Å². The van der Waals surface area contributed by atoms with Crippen molar-refractivity contribution in [3.05, 3.63) is 35.4 Å². The van der Waals surface area contributed by atoms with Gasteiger partial charge in [-0.3, -0.25) is 0 Å². The lowest BCUT2D eigenvalue weighted by molar-refractivity contribution is -0.109. The average Bonchev–Trinajstić information content (AvgIpc) is 2.91. The summed E-state index contributed by atoms with van der Waals surface area (Å²) in [6.45, 7) is 0. The Balaban J connectivity index is 1.91. The second kappa shape index (κ2) is 2.69. The molecule has 1 heteroatoms. The maximum absolute atomic E-state index is 10.8. The lowest BCUT2D eigenvalue weighted by atomic mass is 9.80. The molecule has 2 aliphatic carbocycles. The Morgan fingerprint density at radius 3 is 2.79 bits per heavy atom. The molecule has 2 atom stereocenters. The largest absolute Gasteiger partial charge is 0.303 e. The van der Waals surface area contributed by atoms with E-state index in [-0.39, 0.29) is 0 Å². The van der Waals surface area contributed by atoms with Crippen LogP contribution in [0.2, 0.25) is 0 Å². The molecule has 1 aromatic rings. The fourth-order valence-electron chi connectivity index (χ4n) is 2.89. The van der Waals surface area contributed by atoms with Crippen molar-refractivity contribution < 1.29 is 4.79 Å². The zero-order chi connectivity index (χ0) is 9.60. The molecule has 0 radical (unpaired) electrons. The molecule has 0 heterocycles. The third-order valence-electron chi connectivity index (χ3n) is 3.97. The molecule has 2 unspecified atom stereocenters. The number of carbonyl (C=O) groups is 1. The van der Waals surface area contributed by atoms with Gasteiger partial charge in [-0.1, -0.05) is 24.3 Å². The minimum absolute atomic E-state index is 0.357. The topological polar surface area (TPSA) is 17.1 Å². The molecule has 1 aromatic carbocycles. The molecule has 72 valence electrons. The molecule has 0 bridgehead atoms. The highest BCUT2D eigenvalue weighted by atomic mass is 16.1. The van der Waals surface area contributed by atoms with E-state index in [0.29, 0.717) is 11.3 Å². The van der Waals surface area contributed by atoms with Crippen molar-refractivity contribution in [3.63, 3.8) is 0 Å². The zero-order valence-electron chi connectivity index (χ0n) is 8.20. The number of carbonyl (C=O) groups excluding carboxylic acids is 1. The zero-order valence-corrected chi connectivity index (χ0v) is 8.20. The first-order chi connectivity index (χ1) is 6.84. The van der Waals surface area contributed by atoms with Crippen molar-refractivity contribution >= 4 is 6.29 Å². The van der Waals surface area contributed by atoms with Crippen LogP contribution in [0.5, 0.6) is 0 Å². The molecule has 0 saturated heterocycles. The van der Waals surface area contributed by atoms with E-state index in [1.54, 1.807) is 0 Å². The van der Waals surface area contributed by atoms with Gasteiger partial charge in [0.15, 0.2) is 0 Å². The molecule has 0 aliphatic heterocycles. The summed E-state index contributed by atoms with van der Waals surface area (Å²) in [7, 11) is 0. The smallest absolute Gasteiger partial charge is 0.123 e. The first kappa shape index (κ1) is 8.22. The van der Waals surface area contributed by atoms with E-state index in [4.69, 9.17) is 0 Å². The van der Waals surface area contributed by atoms with Crippen LogP contribution >= 0.6 is 0 Å². The lowest BCUT2D eigenvalue weighted by Gasteiger charge is -2.24. The number of hydrogen-bond acceptors (Lipinski definition) is 1. The Kier molecular flexibility index (Phi) is 1.58. The molecule has 1 fully saturated rings. The summed E-state index contributed by atoms with van der Waals surface area (Å²) in [6, 6.07) is 8.66. The van der Waals surface area contributed by atoms with Gasteiger partial charge in [-0.05, 0) is 42.2 Å². The fourth-order valence-corrected chi connectivity index (χ4v) is 2.89. The highest BCUT2D eigenvalue weighted by Gasteiger charge is 2.54. The van der Waals surface area contributed by atoms with Gasteiger partial charge in [0.1, 0.15) is 6.29 Å². The Labute approximate surface area is 84.1 Å². The maximum Gasteiger partial charge on any atom is 0.123 e. The standard InChI is InChI=1S/C13H14O/c14-9-12-8-13(12)6-5-10-3-1-2-4-11(10)7-13/h1-4,9,12H,5-8H2. The summed E-state index contributed by atoms with van der Waals surface area (Å²) in [5.41, 5.74) is 3.34. The van der Waals surface area contributed by atoms with E-state index in [9.17, 15) is 4.79 Å². The maximum atomic E-state index is 10.8. The number of aldehydes is 1. The van der Waals surface area contributed by atoms with Crippen LogP contribution in [-0.4, -0.2) is 6.29 Å². The van der Waals surface area contributed by atoms with Gasteiger partial charge in [-0.15, -0.1) is 0 Å². The third kappa shape index (κ3) is 1.05. The summed E-state index contributed by atoms with van der Waals surface area (Å²) in [5.74, 6) is 0.357. The molecule has 0 aromatic heterocycles. The predicted molar refractivity (Wildman–Crippen MR) is 55.1 cm³/mol. The SMILES string of the molecule is O=CC1CC12CCc1ccccc1C2. The molecule has 1 nitrogen and oxygen atoms in total. The van der Waals surface area contributed by atoms with Crippen molar-refractivity contribution in [2.45, 2.75) is 25.7 Å². The number of hydrogen-bond donors (Lipinski definition) is 0. The van der Waals surface area contributed by atoms with E-state index in [2.05, 4.69) is 24.3 Å². The van der Waals surface area contributed by atoms with E-state index in [0.717, 1.165) is 19.1 Å². The number of benzene rings is 1. The summed E-state index contributed by atoms with van der Waals surface area (Å²) >= 11 is 0. The molecule has 1 spiro atoms. The first-order valence-electron chi connectivity index (χ1n) is 5.36. The van der Waals surface area contributed by atoms with Crippen LogP contribution in [0.4, 0.5) is 0 Å². The molecule has 3 rings (SSSR count). The predicted octanol–water partition coefficient (Wildman–Crippen LogP) is 2.38. The van der Waals surface area contributed by atoms with Gasteiger partial charge in [0.05, 0.1) is 0 Å². The summed E-state index contributed by atoms with van der Waals surface area (Å²) in [4.78, 5) is 10.8. The lowest BCUT2D eigenvalue weighted by Crippen LogP contribution is -2.17. The molecule has 2 aliphatic rings. The number of rotatable bonds is 1. The van der Waals surface area contributed by atoms with E-state index in [1.807, 2.05) is 0 Å². The van der Waals surface area contributed by atoms with Crippen LogP contribution in [0, 0.1) is 11.3 Å². The van der Waals surface area contributed by atoms with Crippen molar-refractivity contribution in [2.75, 3.05) is 0 Å². The minimum atomic E-state index is 0.357. The van der Waals surface area contributed by atoms with Gasteiger partial charge >= 0.3 is 0 Å². The van der Waals surface area contributed by atoms with E-state index >= 15 is 0 Å². The summed E-state index contributed by atoms with van der Waals surface area (Å²) in [5, 5.41) is 0. The second-order valence-electron chi connectivity index (χ2n) is 4.75. The van der Waals surface area contributed by atoms with Crippen molar-refractivity contribution in [3.8, 4) is 0 Å². The van der Waals surface area contributed by atoms with Crippen molar-refractivity contribution in [1.29, 1.82) is 0 Å². The molecule has 14 heavy (non-hydrogen) atoms. The molecular weight excluding hydrogens is 172 g/mol. The van der Waals surface area contributed by atoms with Gasteiger partial charge in [-0.2, -0.15) is 0 Å². The molecular formula is C13H14O. The Bertz CT molecular complexity index is 383. The molecule has 1 saturated carbocycles. The normalized spacial score (nSPS) is 33.9. The quantitative estimate of drug-likeness (QED) is 0.615. The van der Waals surface area contributed by atoms with Gasteiger partial charge in [-0.25, -0.2) is 0 Å². The fraction of sp³-hybridized carbons (Fsp3) is 0.462. The van der Waals surface area contributed by atoms with Crippen molar-refractivity contribution in [1.82, 2.24) is 0 Å². The highest BCUT2D eigenvalue weighted by Crippen LogP contribution is 2.58. The van der Waals surface area contributed by atoms with Crippen LogP contribution < -0.4 is 0 Å². The second-order valence-corrected chi connectivity index (χ2v) is 4.75. The summed E-state index contributed by atoms with van der Waals surface area (Å²) in [6.07, 6.45) is 5.80. The summed E-state index contributed by atoms with van der Waals surface area (Å²) < 4.78 is 0. The van der Waals surface area contributed by atoms with Gasteiger partial charge in [0.2, 0.25) is 0 Å². The average molecular weight is 186 g/mol. The van der Waals surface area contributed by atoms with Crippen LogP contribution in [0.3, 0.4) is 0 Å². The van der Waals surface area contributed by atoms with E-state index in [1.165, 1.54) is 24.0 Å². The van der Waals surface area contributed by atoms with Crippen LogP contribution in [0.15, 0.2) is 24.3 Å². The van der Waals surface area contributed by atoms with Crippen LogP contribution in [0.25, 0.3) is 0 Å². The number of fused-ring (bicyclic) bond motifs is 1. The Hall–Kier alpha value is -1.11. The van der Waals surface area contributed by atoms with Crippen molar-refractivity contribution in [2.24, 2.45) is 11.3 Å². The first-order valence-corrected chi connectivity index (χ1v) is 5.36. The third-order valence-corrected chi connectivity index (χ3v) is 3.97. The van der Waals surface area contributed by atoms with Gasteiger partial charge in [0, 0.05) is 5.92 Å². The van der Waals surface area contributed by atoms with Crippen LogP contribution in [0.1, 0.15) is 24.0 Å². The van der Waals surface area contributed by atoms with Gasteiger partial charge < -0.3 is 4.79 Å². The minimum Gasteiger partial charge on any atom is -0.303 e. The molecule has 0 amide bonds.